The Labute approximate surface area is 134 Å². The molecule has 0 fully saturated rings. The third kappa shape index (κ3) is 4.32. The summed E-state index contributed by atoms with van der Waals surface area (Å²) in [4.78, 5) is 23.8. The van der Waals surface area contributed by atoms with Crippen molar-refractivity contribution in [3.05, 3.63) is 42.1 Å². The third-order valence-electron chi connectivity index (χ3n) is 3.07. The molecule has 1 aromatic heterocycles. The van der Waals surface area contributed by atoms with Gasteiger partial charge in [-0.1, -0.05) is 6.07 Å². The maximum absolute atomic E-state index is 11.9. The monoisotopic (exact) mass is 317 g/mol. The standard InChI is InChI=1S/C16H19N3O4/c1-11(2)19-14(7-8-17-19)18-15(20)10-23-16(21)12-5-4-6-13(9-12)22-3/h4-9,11H,10H2,1-3H3,(H,18,20). The van der Waals surface area contributed by atoms with Crippen molar-refractivity contribution in [2.45, 2.75) is 19.9 Å². The van der Waals surface area contributed by atoms with E-state index in [0.717, 1.165) is 0 Å². The number of methoxy groups -OCH3 is 1. The summed E-state index contributed by atoms with van der Waals surface area (Å²) >= 11 is 0. The molecule has 1 aromatic carbocycles. The van der Waals surface area contributed by atoms with E-state index in [2.05, 4.69) is 10.4 Å². The normalized spacial score (nSPS) is 10.4. The number of esters is 1. The summed E-state index contributed by atoms with van der Waals surface area (Å²) in [7, 11) is 1.51. The van der Waals surface area contributed by atoms with Crippen LogP contribution < -0.4 is 10.1 Å². The number of benzene rings is 1. The van der Waals surface area contributed by atoms with Crippen LogP contribution in [0.15, 0.2) is 36.5 Å². The van der Waals surface area contributed by atoms with Crippen LogP contribution in [0.1, 0.15) is 30.2 Å². The molecule has 0 saturated carbocycles. The van der Waals surface area contributed by atoms with E-state index in [1.807, 2.05) is 13.8 Å². The number of aromatic nitrogens is 2. The van der Waals surface area contributed by atoms with Gasteiger partial charge in [0.2, 0.25) is 0 Å². The molecule has 7 nitrogen and oxygen atoms in total. The summed E-state index contributed by atoms with van der Waals surface area (Å²) in [6.45, 7) is 3.52. The van der Waals surface area contributed by atoms with Gasteiger partial charge in [0.1, 0.15) is 11.6 Å². The lowest BCUT2D eigenvalue weighted by atomic mass is 10.2. The zero-order valence-corrected chi connectivity index (χ0v) is 13.3. The Balaban J connectivity index is 1.91. The summed E-state index contributed by atoms with van der Waals surface area (Å²) in [5, 5.41) is 6.77. The average Bonchev–Trinajstić information content (AvgIpc) is 3.01. The van der Waals surface area contributed by atoms with Crippen LogP contribution in [0.2, 0.25) is 0 Å². The molecule has 122 valence electrons. The van der Waals surface area contributed by atoms with Gasteiger partial charge in [0.15, 0.2) is 6.61 Å². The topological polar surface area (TPSA) is 82.4 Å². The molecule has 2 rings (SSSR count). The Morgan fingerprint density at radius 1 is 1.30 bits per heavy atom. The van der Waals surface area contributed by atoms with Crippen LogP contribution in [-0.2, 0) is 9.53 Å². The van der Waals surface area contributed by atoms with E-state index in [4.69, 9.17) is 9.47 Å². The van der Waals surface area contributed by atoms with Crippen molar-refractivity contribution < 1.29 is 19.1 Å². The molecule has 0 saturated heterocycles. The Kier molecular flexibility index (Phi) is 5.35. The van der Waals surface area contributed by atoms with Crippen LogP contribution in [0.5, 0.6) is 5.75 Å². The Bertz CT molecular complexity index is 694. The van der Waals surface area contributed by atoms with E-state index in [9.17, 15) is 9.59 Å². The molecule has 7 heteroatoms. The number of carbonyl (C=O) groups is 2. The fraction of sp³-hybridized carbons (Fsp3) is 0.312. The van der Waals surface area contributed by atoms with Gasteiger partial charge in [-0.25, -0.2) is 9.48 Å². The van der Waals surface area contributed by atoms with Crippen LogP contribution >= 0.6 is 0 Å². The highest BCUT2D eigenvalue weighted by Crippen LogP contribution is 2.14. The molecule has 0 atom stereocenters. The molecular formula is C16H19N3O4. The zero-order chi connectivity index (χ0) is 16.8. The van der Waals surface area contributed by atoms with Gasteiger partial charge in [-0.05, 0) is 32.0 Å². The first-order chi connectivity index (χ1) is 11.0. The molecular weight excluding hydrogens is 298 g/mol. The summed E-state index contributed by atoms with van der Waals surface area (Å²) in [5.74, 6) is 0.0900. The van der Waals surface area contributed by atoms with Crippen molar-refractivity contribution >= 4 is 17.7 Å². The molecule has 0 unspecified atom stereocenters. The molecule has 0 spiro atoms. The number of hydrogen-bond acceptors (Lipinski definition) is 5. The quantitative estimate of drug-likeness (QED) is 0.826. The minimum atomic E-state index is -0.587. The van der Waals surface area contributed by atoms with Crippen molar-refractivity contribution in [3.63, 3.8) is 0 Å². The number of nitrogens with one attached hydrogen (secondary N) is 1. The molecule has 1 heterocycles. The maximum atomic E-state index is 11.9. The van der Waals surface area contributed by atoms with Crippen molar-refractivity contribution in [3.8, 4) is 5.75 Å². The summed E-state index contributed by atoms with van der Waals surface area (Å²) in [6, 6.07) is 8.33. The van der Waals surface area contributed by atoms with Crippen LogP contribution in [0, 0.1) is 0 Å². The number of rotatable bonds is 6. The van der Waals surface area contributed by atoms with E-state index in [1.165, 1.54) is 7.11 Å². The van der Waals surface area contributed by atoms with Gasteiger partial charge in [0.05, 0.1) is 18.9 Å². The highest BCUT2D eigenvalue weighted by molar-refractivity contribution is 5.95. The van der Waals surface area contributed by atoms with Crippen LogP contribution in [0.3, 0.4) is 0 Å². The second-order valence-electron chi connectivity index (χ2n) is 5.11. The first-order valence-electron chi connectivity index (χ1n) is 7.16. The van der Waals surface area contributed by atoms with E-state index < -0.39 is 11.9 Å². The predicted octanol–water partition coefficient (Wildman–Crippen LogP) is 2.27. The van der Waals surface area contributed by atoms with E-state index >= 15 is 0 Å². The van der Waals surface area contributed by atoms with Crippen molar-refractivity contribution in [1.82, 2.24) is 9.78 Å². The average molecular weight is 317 g/mol. The molecule has 0 aliphatic heterocycles. The lowest BCUT2D eigenvalue weighted by Crippen LogP contribution is -2.23. The van der Waals surface area contributed by atoms with Gasteiger partial charge < -0.3 is 14.8 Å². The Morgan fingerprint density at radius 2 is 2.09 bits per heavy atom. The largest absolute Gasteiger partial charge is 0.497 e. The lowest BCUT2D eigenvalue weighted by molar-refractivity contribution is -0.119. The van der Waals surface area contributed by atoms with Crippen LogP contribution in [0.4, 0.5) is 5.82 Å². The van der Waals surface area contributed by atoms with E-state index in [0.29, 0.717) is 17.1 Å². The van der Waals surface area contributed by atoms with Gasteiger partial charge in [-0.3, -0.25) is 4.79 Å². The van der Waals surface area contributed by atoms with Gasteiger partial charge in [-0.2, -0.15) is 5.10 Å². The minimum absolute atomic E-state index is 0.111. The summed E-state index contributed by atoms with van der Waals surface area (Å²) in [6.07, 6.45) is 1.60. The lowest BCUT2D eigenvalue weighted by Gasteiger charge is -2.12. The molecule has 0 aliphatic rings. The first-order valence-corrected chi connectivity index (χ1v) is 7.16. The van der Waals surface area contributed by atoms with E-state index in [1.54, 1.807) is 41.2 Å². The molecule has 1 amide bonds. The maximum Gasteiger partial charge on any atom is 0.338 e. The van der Waals surface area contributed by atoms with Gasteiger partial charge >= 0.3 is 5.97 Å². The number of ether oxygens (including phenoxy) is 2. The van der Waals surface area contributed by atoms with Gasteiger partial charge in [-0.15, -0.1) is 0 Å². The summed E-state index contributed by atoms with van der Waals surface area (Å²) in [5.41, 5.74) is 0.323. The SMILES string of the molecule is COc1cccc(C(=O)OCC(=O)Nc2ccnn2C(C)C)c1. The zero-order valence-electron chi connectivity index (χ0n) is 13.3. The number of anilines is 1. The number of carbonyl (C=O) groups excluding carboxylic acids is 2. The second kappa shape index (κ2) is 7.44. The molecule has 0 bridgehead atoms. The molecule has 0 aliphatic carbocycles. The van der Waals surface area contributed by atoms with Crippen molar-refractivity contribution in [1.29, 1.82) is 0 Å². The summed E-state index contributed by atoms with van der Waals surface area (Å²) < 4.78 is 11.7. The molecule has 23 heavy (non-hydrogen) atoms. The first kappa shape index (κ1) is 16.5. The van der Waals surface area contributed by atoms with Gasteiger partial charge in [0, 0.05) is 12.1 Å². The van der Waals surface area contributed by atoms with E-state index in [-0.39, 0.29) is 12.6 Å². The highest BCUT2D eigenvalue weighted by atomic mass is 16.5. The molecule has 1 N–H and O–H groups in total. The number of hydrogen-bond donors (Lipinski definition) is 1. The minimum Gasteiger partial charge on any atom is -0.497 e. The molecule has 0 radical (unpaired) electrons. The fourth-order valence-corrected chi connectivity index (χ4v) is 1.97. The third-order valence-corrected chi connectivity index (χ3v) is 3.07. The van der Waals surface area contributed by atoms with Gasteiger partial charge in [0.25, 0.3) is 5.91 Å². The number of nitrogens with zero attached hydrogens (tertiary/aromatic N) is 2. The van der Waals surface area contributed by atoms with Crippen molar-refractivity contribution in [2.75, 3.05) is 19.0 Å². The second-order valence-corrected chi connectivity index (χ2v) is 5.11. The predicted molar refractivity (Wildman–Crippen MR) is 84.5 cm³/mol. The smallest absolute Gasteiger partial charge is 0.338 e. The number of amides is 1. The van der Waals surface area contributed by atoms with Crippen LogP contribution in [-0.4, -0.2) is 35.4 Å². The Hall–Kier alpha value is -2.83. The fourth-order valence-electron chi connectivity index (χ4n) is 1.97. The van der Waals surface area contributed by atoms with Crippen LogP contribution in [0.25, 0.3) is 0 Å². The highest BCUT2D eigenvalue weighted by Gasteiger charge is 2.13. The van der Waals surface area contributed by atoms with Crippen molar-refractivity contribution in [2.24, 2.45) is 0 Å². The molecule has 2 aromatic rings. The Morgan fingerprint density at radius 3 is 2.78 bits per heavy atom.